The topological polar surface area (TPSA) is 24.9 Å². The van der Waals surface area contributed by atoms with E-state index in [1.165, 1.54) is 6.07 Å². The van der Waals surface area contributed by atoms with E-state index in [9.17, 15) is 13.2 Å². The zero-order valence-electron chi connectivity index (χ0n) is 12.7. The van der Waals surface area contributed by atoms with Crippen LogP contribution in [-0.2, 0) is 12.7 Å². The van der Waals surface area contributed by atoms with Crippen LogP contribution in [0.5, 0.6) is 0 Å². The molecule has 0 fully saturated rings. The fourth-order valence-electron chi connectivity index (χ4n) is 2.29. The van der Waals surface area contributed by atoms with Gasteiger partial charge in [0.25, 0.3) is 0 Å². The second-order valence-corrected chi connectivity index (χ2v) is 5.35. The molecule has 3 aromatic rings. The molecule has 0 amide bonds. The molecule has 0 atom stereocenters. The Morgan fingerprint density at radius 2 is 1.54 bits per heavy atom. The molecule has 0 spiro atoms. The minimum absolute atomic E-state index is 0.519. The van der Waals surface area contributed by atoms with Gasteiger partial charge in [0.2, 0.25) is 0 Å². The van der Waals surface area contributed by atoms with Gasteiger partial charge in [-0.05, 0) is 29.8 Å². The van der Waals surface area contributed by atoms with Crippen LogP contribution in [0.15, 0.2) is 72.9 Å². The molecule has 2 aromatic carbocycles. The number of hydrogen-bond donors (Lipinski definition) is 1. The number of nitrogens with zero attached hydrogens (tertiary/aromatic N) is 1. The Kier molecular flexibility index (Phi) is 4.51. The molecule has 5 heteroatoms. The third kappa shape index (κ3) is 3.93. The summed E-state index contributed by atoms with van der Waals surface area (Å²) < 4.78 is 37.7. The number of benzene rings is 2. The lowest BCUT2D eigenvalue weighted by atomic mass is 10.1. The van der Waals surface area contributed by atoms with Gasteiger partial charge in [-0.2, -0.15) is 13.2 Å². The van der Waals surface area contributed by atoms with Crippen LogP contribution in [0.4, 0.5) is 18.9 Å². The molecular formula is C19H15F3N2. The number of aromatic nitrogens is 1. The lowest BCUT2D eigenvalue weighted by Crippen LogP contribution is -2.05. The SMILES string of the molecule is FC(F)(F)c1ccc(-c2ccc(CNc3ccccc3)cc2)nc1. The number of hydrogen-bond acceptors (Lipinski definition) is 2. The summed E-state index contributed by atoms with van der Waals surface area (Å²) >= 11 is 0. The normalized spacial score (nSPS) is 11.3. The van der Waals surface area contributed by atoms with E-state index in [1.807, 2.05) is 54.6 Å². The Hall–Kier alpha value is -2.82. The van der Waals surface area contributed by atoms with E-state index in [4.69, 9.17) is 0 Å². The van der Waals surface area contributed by atoms with Crippen LogP contribution in [0.3, 0.4) is 0 Å². The highest BCUT2D eigenvalue weighted by Gasteiger charge is 2.30. The molecular weight excluding hydrogens is 313 g/mol. The van der Waals surface area contributed by atoms with Gasteiger partial charge in [0, 0.05) is 24.0 Å². The molecule has 1 N–H and O–H groups in total. The van der Waals surface area contributed by atoms with Crippen LogP contribution in [0.25, 0.3) is 11.3 Å². The Morgan fingerprint density at radius 1 is 0.833 bits per heavy atom. The average Bonchev–Trinajstić information content (AvgIpc) is 2.61. The summed E-state index contributed by atoms with van der Waals surface area (Å²) in [6, 6.07) is 19.9. The fourth-order valence-corrected chi connectivity index (χ4v) is 2.29. The Balaban J connectivity index is 1.68. The van der Waals surface area contributed by atoms with Gasteiger partial charge in [-0.1, -0.05) is 42.5 Å². The maximum Gasteiger partial charge on any atom is 0.417 e. The lowest BCUT2D eigenvalue weighted by molar-refractivity contribution is -0.137. The minimum atomic E-state index is -4.36. The number of halogens is 3. The molecule has 0 bridgehead atoms. The van der Waals surface area contributed by atoms with Gasteiger partial charge in [-0.3, -0.25) is 4.98 Å². The van der Waals surface area contributed by atoms with Gasteiger partial charge in [0.1, 0.15) is 0 Å². The monoisotopic (exact) mass is 328 g/mol. The Morgan fingerprint density at radius 3 is 2.12 bits per heavy atom. The van der Waals surface area contributed by atoms with Gasteiger partial charge in [-0.25, -0.2) is 0 Å². The van der Waals surface area contributed by atoms with Gasteiger partial charge < -0.3 is 5.32 Å². The third-order valence-electron chi connectivity index (χ3n) is 3.61. The standard InChI is InChI=1S/C19H15F3N2/c20-19(21,22)16-10-11-18(24-13-16)15-8-6-14(7-9-15)12-23-17-4-2-1-3-5-17/h1-11,13,23H,12H2. The van der Waals surface area contributed by atoms with Crippen LogP contribution in [0.2, 0.25) is 0 Å². The van der Waals surface area contributed by atoms with E-state index in [0.717, 1.165) is 29.1 Å². The van der Waals surface area contributed by atoms with Crippen molar-refractivity contribution in [2.75, 3.05) is 5.32 Å². The second kappa shape index (κ2) is 6.74. The number of alkyl halides is 3. The highest BCUT2D eigenvalue weighted by atomic mass is 19.4. The van der Waals surface area contributed by atoms with Crippen LogP contribution < -0.4 is 5.32 Å². The largest absolute Gasteiger partial charge is 0.417 e. The van der Waals surface area contributed by atoms with Crippen molar-refractivity contribution in [2.24, 2.45) is 0 Å². The first-order valence-electron chi connectivity index (χ1n) is 7.44. The van der Waals surface area contributed by atoms with E-state index in [-0.39, 0.29) is 0 Å². The predicted molar refractivity (Wildman–Crippen MR) is 88.4 cm³/mol. The molecule has 1 heterocycles. The number of nitrogens with one attached hydrogen (secondary N) is 1. The van der Waals surface area contributed by atoms with Gasteiger partial charge in [-0.15, -0.1) is 0 Å². The summed E-state index contributed by atoms with van der Waals surface area (Å²) in [5, 5.41) is 3.30. The first kappa shape index (κ1) is 16.1. The van der Waals surface area contributed by atoms with Crippen LogP contribution in [0, 0.1) is 0 Å². The van der Waals surface area contributed by atoms with Gasteiger partial charge in [0.15, 0.2) is 0 Å². The summed E-state index contributed by atoms with van der Waals surface area (Å²) in [6.07, 6.45) is -3.50. The smallest absolute Gasteiger partial charge is 0.381 e. The molecule has 0 saturated heterocycles. The summed E-state index contributed by atoms with van der Waals surface area (Å²) in [4.78, 5) is 3.90. The highest BCUT2D eigenvalue weighted by molar-refractivity contribution is 5.59. The molecule has 24 heavy (non-hydrogen) atoms. The van der Waals surface area contributed by atoms with Crippen molar-refractivity contribution < 1.29 is 13.2 Å². The van der Waals surface area contributed by atoms with E-state index >= 15 is 0 Å². The maximum atomic E-state index is 12.6. The zero-order valence-corrected chi connectivity index (χ0v) is 12.7. The summed E-state index contributed by atoms with van der Waals surface area (Å²) in [7, 11) is 0. The molecule has 0 aliphatic heterocycles. The van der Waals surface area contributed by atoms with Crippen LogP contribution >= 0.6 is 0 Å². The average molecular weight is 328 g/mol. The summed E-state index contributed by atoms with van der Waals surface area (Å²) in [5.74, 6) is 0. The fraction of sp³-hybridized carbons (Fsp3) is 0.105. The maximum absolute atomic E-state index is 12.6. The van der Waals surface area contributed by atoms with Gasteiger partial charge >= 0.3 is 6.18 Å². The molecule has 0 aliphatic rings. The van der Waals surface area contributed by atoms with Crippen molar-refractivity contribution >= 4 is 5.69 Å². The Labute approximate surface area is 138 Å². The molecule has 0 unspecified atom stereocenters. The number of pyridine rings is 1. The van der Waals surface area contributed by atoms with E-state index in [1.54, 1.807) is 0 Å². The second-order valence-electron chi connectivity index (χ2n) is 5.35. The molecule has 0 radical (unpaired) electrons. The van der Waals surface area contributed by atoms with Crippen LogP contribution in [-0.4, -0.2) is 4.98 Å². The predicted octanol–water partition coefficient (Wildman–Crippen LogP) is 5.38. The van der Waals surface area contributed by atoms with E-state index in [0.29, 0.717) is 12.2 Å². The van der Waals surface area contributed by atoms with Crippen LogP contribution in [0.1, 0.15) is 11.1 Å². The van der Waals surface area contributed by atoms with E-state index in [2.05, 4.69) is 10.3 Å². The quantitative estimate of drug-likeness (QED) is 0.695. The van der Waals surface area contributed by atoms with Crippen molar-refractivity contribution in [3.63, 3.8) is 0 Å². The highest BCUT2D eigenvalue weighted by Crippen LogP contribution is 2.29. The van der Waals surface area contributed by atoms with Gasteiger partial charge in [0.05, 0.1) is 11.3 Å². The van der Waals surface area contributed by atoms with Crippen molar-refractivity contribution in [1.29, 1.82) is 0 Å². The molecule has 1 aromatic heterocycles. The van der Waals surface area contributed by atoms with E-state index < -0.39 is 11.7 Å². The molecule has 0 aliphatic carbocycles. The lowest BCUT2D eigenvalue weighted by Gasteiger charge is -2.09. The van der Waals surface area contributed by atoms with Crippen molar-refractivity contribution in [3.05, 3.63) is 84.1 Å². The zero-order chi connectivity index (χ0) is 17.0. The molecule has 122 valence electrons. The first-order valence-corrected chi connectivity index (χ1v) is 7.44. The third-order valence-corrected chi connectivity index (χ3v) is 3.61. The van der Waals surface area contributed by atoms with Crippen molar-refractivity contribution in [2.45, 2.75) is 12.7 Å². The number of para-hydroxylation sites is 1. The minimum Gasteiger partial charge on any atom is -0.381 e. The Bertz CT molecular complexity index is 780. The van der Waals surface area contributed by atoms with Crippen molar-refractivity contribution in [3.8, 4) is 11.3 Å². The number of anilines is 1. The summed E-state index contributed by atoms with van der Waals surface area (Å²) in [5.41, 5.74) is 2.67. The first-order chi connectivity index (χ1) is 11.5. The molecule has 2 nitrogen and oxygen atoms in total. The molecule has 0 saturated carbocycles. The number of rotatable bonds is 4. The summed E-state index contributed by atoms with van der Waals surface area (Å²) in [6.45, 7) is 0.671. The molecule has 3 rings (SSSR count). The van der Waals surface area contributed by atoms with Crippen molar-refractivity contribution in [1.82, 2.24) is 4.98 Å².